The number of hydrogen-bond donors (Lipinski definition) is 1. The maximum absolute atomic E-state index is 10.9. The van der Waals surface area contributed by atoms with E-state index in [4.69, 9.17) is 14.7 Å². The SMILES string of the molecule is CN=C(NC#N)N1CCc2cc3c(cc2C1Cc1ccc([N+](=O)[O-])cc1)OCO3. The van der Waals surface area contributed by atoms with Gasteiger partial charge in [0.15, 0.2) is 17.7 Å². The van der Waals surface area contributed by atoms with E-state index in [0.29, 0.717) is 24.7 Å². The topological polar surface area (TPSA) is 113 Å². The van der Waals surface area contributed by atoms with Crippen LogP contribution < -0.4 is 14.8 Å². The molecule has 4 rings (SSSR count). The molecule has 0 aromatic heterocycles. The van der Waals surface area contributed by atoms with Crippen molar-refractivity contribution in [1.82, 2.24) is 10.2 Å². The van der Waals surface area contributed by atoms with E-state index < -0.39 is 4.92 Å². The molecule has 2 aromatic carbocycles. The van der Waals surface area contributed by atoms with Gasteiger partial charge in [-0.25, -0.2) is 0 Å². The predicted molar refractivity (Wildman–Crippen MR) is 105 cm³/mol. The molecule has 0 radical (unpaired) electrons. The Balaban J connectivity index is 1.72. The van der Waals surface area contributed by atoms with Crippen LogP contribution in [0.15, 0.2) is 41.4 Å². The smallest absolute Gasteiger partial charge is 0.269 e. The zero-order chi connectivity index (χ0) is 20.4. The van der Waals surface area contributed by atoms with Crippen LogP contribution in [0.3, 0.4) is 0 Å². The van der Waals surface area contributed by atoms with Crippen molar-refractivity contribution in [1.29, 1.82) is 5.26 Å². The molecule has 2 aromatic rings. The zero-order valence-electron chi connectivity index (χ0n) is 15.8. The summed E-state index contributed by atoms with van der Waals surface area (Å²) in [5.74, 6) is 1.93. The average Bonchev–Trinajstić information content (AvgIpc) is 3.19. The molecule has 0 aliphatic carbocycles. The highest BCUT2D eigenvalue weighted by Crippen LogP contribution is 2.41. The number of nitrogens with zero attached hydrogens (tertiary/aromatic N) is 4. The van der Waals surface area contributed by atoms with Crippen LogP contribution in [0.4, 0.5) is 5.69 Å². The van der Waals surface area contributed by atoms with Gasteiger partial charge in [0.25, 0.3) is 5.69 Å². The Labute approximate surface area is 167 Å². The lowest BCUT2D eigenvalue weighted by Crippen LogP contribution is -2.46. The van der Waals surface area contributed by atoms with Crippen LogP contribution in [0.5, 0.6) is 11.5 Å². The number of nitro groups is 1. The fraction of sp³-hybridized carbons (Fsp3) is 0.300. The highest BCUT2D eigenvalue weighted by atomic mass is 16.7. The van der Waals surface area contributed by atoms with Crippen molar-refractivity contribution in [2.24, 2.45) is 4.99 Å². The third-order valence-corrected chi connectivity index (χ3v) is 5.22. The van der Waals surface area contributed by atoms with Gasteiger partial charge in [0.2, 0.25) is 12.8 Å². The molecule has 0 spiro atoms. The lowest BCUT2D eigenvalue weighted by Gasteiger charge is -2.39. The zero-order valence-corrected chi connectivity index (χ0v) is 15.8. The predicted octanol–water partition coefficient (Wildman–Crippen LogP) is 2.52. The molecule has 0 saturated heterocycles. The monoisotopic (exact) mass is 393 g/mol. The first-order chi connectivity index (χ1) is 14.1. The van der Waals surface area contributed by atoms with Crippen LogP contribution in [0, 0.1) is 21.6 Å². The van der Waals surface area contributed by atoms with E-state index >= 15 is 0 Å². The highest BCUT2D eigenvalue weighted by Gasteiger charge is 2.32. The Bertz CT molecular complexity index is 1010. The fourth-order valence-corrected chi connectivity index (χ4v) is 3.85. The van der Waals surface area contributed by atoms with E-state index in [1.54, 1.807) is 19.2 Å². The average molecular weight is 393 g/mol. The van der Waals surface area contributed by atoms with Gasteiger partial charge in [-0.1, -0.05) is 12.1 Å². The van der Waals surface area contributed by atoms with Gasteiger partial charge in [-0.05, 0) is 41.7 Å². The fourth-order valence-electron chi connectivity index (χ4n) is 3.85. The molecule has 0 fully saturated rings. The van der Waals surface area contributed by atoms with Crippen LogP contribution in [0.1, 0.15) is 22.7 Å². The minimum atomic E-state index is -0.411. The summed E-state index contributed by atoms with van der Waals surface area (Å²) in [7, 11) is 1.64. The summed E-state index contributed by atoms with van der Waals surface area (Å²) in [5.41, 5.74) is 3.23. The van der Waals surface area contributed by atoms with Gasteiger partial charge in [0.05, 0.1) is 11.0 Å². The summed E-state index contributed by atoms with van der Waals surface area (Å²) < 4.78 is 11.1. The first kappa shape index (κ1) is 18.6. The molecule has 2 heterocycles. The van der Waals surface area contributed by atoms with E-state index in [1.807, 2.05) is 18.3 Å². The number of nitrogens with one attached hydrogen (secondary N) is 1. The van der Waals surface area contributed by atoms with Crippen molar-refractivity contribution < 1.29 is 14.4 Å². The molecule has 2 aliphatic rings. The summed E-state index contributed by atoms with van der Waals surface area (Å²) in [4.78, 5) is 16.8. The molecule has 29 heavy (non-hydrogen) atoms. The Kier molecular flexibility index (Phi) is 4.91. The van der Waals surface area contributed by atoms with Crippen LogP contribution >= 0.6 is 0 Å². The van der Waals surface area contributed by atoms with Gasteiger partial charge >= 0.3 is 0 Å². The minimum Gasteiger partial charge on any atom is -0.454 e. The molecule has 148 valence electrons. The van der Waals surface area contributed by atoms with Gasteiger partial charge in [0.1, 0.15) is 0 Å². The number of nitriles is 1. The largest absolute Gasteiger partial charge is 0.454 e. The third kappa shape index (κ3) is 3.52. The van der Waals surface area contributed by atoms with Gasteiger partial charge in [-0.2, -0.15) is 5.26 Å². The first-order valence-electron chi connectivity index (χ1n) is 9.15. The minimum absolute atomic E-state index is 0.0555. The first-order valence-corrected chi connectivity index (χ1v) is 9.15. The number of aliphatic imine (C=N–C) groups is 1. The van der Waals surface area contributed by atoms with E-state index in [0.717, 1.165) is 28.9 Å². The standard InChI is InChI=1S/C20H19N5O4/c1-22-20(23-11-21)24-7-6-14-9-18-19(29-12-28-18)10-16(14)17(24)8-13-2-4-15(5-3-13)25(26)27/h2-5,9-10,17H,6-8,12H2,1H3,(H,22,23). The second kappa shape index (κ2) is 7.67. The molecule has 0 saturated carbocycles. The Morgan fingerprint density at radius 2 is 2.07 bits per heavy atom. The van der Waals surface area contributed by atoms with Crippen LogP contribution in [0.2, 0.25) is 0 Å². The summed E-state index contributed by atoms with van der Waals surface area (Å²) in [6, 6.07) is 10.4. The second-order valence-corrected chi connectivity index (χ2v) is 6.78. The normalized spacial score (nSPS) is 17.4. The maximum Gasteiger partial charge on any atom is 0.269 e. The number of non-ortho nitro benzene ring substituents is 1. The molecular weight excluding hydrogens is 374 g/mol. The Morgan fingerprint density at radius 3 is 2.72 bits per heavy atom. The lowest BCUT2D eigenvalue weighted by molar-refractivity contribution is -0.384. The maximum atomic E-state index is 10.9. The molecule has 0 amide bonds. The van der Waals surface area contributed by atoms with E-state index in [-0.39, 0.29) is 18.5 Å². The summed E-state index contributed by atoms with van der Waals surface area (Å²) in [5, 5.41) is 22.7. The molecule has 2 aliphatic heterocycles. The molecule has 9 nitrogen and oxygen atoms in total. The second-order valence-electron chi connectivity index (χ2n) is 6.78. The van der Waals surface area contributed by atoms with E-state index in [2.05, 4.69) is 15.2 Å². The number of nitro benzene ring substituents is 1. The Morgan fingerprint density at radius 1 is 1.34 bits per heavy atom. The van der Waals surface area contributed by atoms with Crippen molar-refractivity contribution in [2.75, 3.05) is 20.4 Å². The quantitative estimate of drug-likeness (QED) is 0.213. The van der Waals surface area contributed by atoms with Crippen molar-refractivity contribution in [2.45, 2.75) is 18.9 Å². The third-order valence-electron chi connectivity index (χ3n) is 5.22. The van der Waals surface area contributed by atoms with Gasteiger partial charge < -0.3 is 14.4 Å². The van der Waals surface area contributed by atoms with Gasteiger partial charge in [0, 0.05) is 25.7 Å². The van der Waals surface area contributed by atoms with Crippen LogP contribution in [-0.4, -0.2) is 36.2 Å². The molecule has 1 N–H and O–H groups in total. The molecule has 9 heteroatoms. The molecule has 1 unspecified atom stereocenters. The summed E-state index contributed by atoms with van der Waals surface area (Å²) in [6.07, 6.45) is 3.31. The molecule has 1 atom stereocenters. The van der Waals surface area contributed by atoms with E-state index in [9.17, 15) is 10.1 Å². The van der Waals surface area contributed by atoms with Crippen molar-refractivity contribution in [3.8, 4) is 17.7 Å². The van der Waals surface area contributed by atoms with E-state index in [1.165, 1.54) is 12.1 Å². The van der Waals surface area contributed by atoms with Crippen LogP contribution in [-0.2, 0) is 12.8 Å². The number of guanidine groups is 1. The van der Waals surface area contributed by atoms with Gasteiger partial charge in [-0.15, -0.1) is 0 Å². The van der Waals surface area contributed by atoms with Crippen molar-refractivity contribution >= 4 is 11.6 Å². The van der Waals surface area contributed by atoms with Crippen molar-refractivity contribution in [3.05, 3.63) is 63.2 Å². The van der Waals surface area contributed by atoms with Crippen molar-refractivity contribution in [3.63, 3.8) is 0 Å². The Hall–Kier alpha value is -3.80. The number of ether oxygens (including phenoxy) is 2. The summed E-state index contributed by atoms with van der Waals surface area (Å²) >= 11 is 0. The number of benzene rings is 2. The highest BCUT2D eigenvalue weighted by molar-refractivity contribution is 5.82. The molecular formula is C20H19N5O4. The van der Waals surface area contributed by atoms with Gasteiger partial charge in [-0.3, -0.25) is 20.4 Å². The summed E-state index contributed by atoms with van der Waals surface area (Å²) in [6.45, 7) is 0.873. The lowest BCUT2D eigenvalue weighted by atomic mass is 9.88. The van der Waals surface area contributed by atoms with Crippen LogP contribution in [0.25, 0.3) is 0 Å². The number of fused-ring (bicyclic) bond motifs is 2. The number of hydrogen-bond acceptors (Lipinski definition) is 6. The molecule has 0 bridgehead atoms. The number of rotatable bonds is 3.